The third-order valence-electron chi connectivity index (χ3n) is 5.90. The average Bonchev–Trinajstić information content (AvgIpc) is 3.50. The number of benzene rings is 3. The van der Waals surface area contributed by atoms with E-state index in [0.717, 1.165) is 39.5 Å². The first kappa shape index (κ1) is 21.9. The first-order valence-corrected chi connectivity index (χ1v) is 11.3. The summed E-state index contributed by atoms with van der Waals surface area (Å²) in [6.45, 7) is 1.54. The Morgan fingerprint density at radius 2 is 1.65 bits per heavy atom. The van der Waals surface area contributed by atoms with Gasteiger partial charge in [-0.15, -0.1) is 0 Å². The number of hydrazone groups is 1. The van der Waals surface area contributed by atoms with E-state index in [1.54, 1.807) is 12.1 Å². The van der Waals surface area contributed by atoms with Crippen LogP contribution in [-0.2, 0) is 4.79 Å². The Hall–Kier alpha value is -3.90. The molecule has 0 bridgehead atoms. The quantitative estimate of drug-likeness (QED) is 0.365. The fourth-order valence-electron chi connectivity index (χ4n) is 4.18. The smallest absolute Gasteiger partial charge is 0.240 e. The Morgan fingerprint density at radius 1 is 0.971 bits per heavy atom. The molecule has 1 unspecified atom stereocenters. The van der Waals surface area contributed by atoms with E-state index in [0.29, 0.717) is 11.4 Å². The number of ether oxygens (including phenoxy) is 1. The Morgan fingerprint density at radius 3 is 2.29 bits per heavy atom. The molecule has 0 spiro atoms. The number of carbonyl (C=O) groups is 1. The van der Waals surface area contributed by atoms with Crippen LogP contribution < -0.4 is 4.74 Å². The van der Waals surface area contributed by atoms with Gasteiger partial charge in [-0.3, -0.25) is 4.79 Å². The molecular weight excluding hydrogens is 448 g/mol. The highest BCUT2D eigenvalue weighted by molar-refractivity contribution is 6.30. The molecule has 170 valence electrons. The normalized spacial score (nSPS) is 15.3. The molecule has 1 aliphatic heterocycles. The monoisotopic (exact) mass is 470 g/mol. The molecule has 0 N–H and O–H groups in total. The highest BCUT2D eigenvalue weighted by Gasteiger charge is 2.34. The van der Waals surface area contributed by atoms with Gasteiger partial charge in [-0.1, -0.05) is 41.9 Å². The summed E-state index contributed by atoms with van der Waals surface area (Å²) >= 11 is 6.13. The fraction of sp³-hybridized carbons (Fsp3) is 0.148. The number of carbonyl (C=O) groups excluding carboxylic acids is 1. The molecule has 7 heteroatoms. The molecule has 2 heterocycles. The van der Waals surface area contributed by atoms with Crippen LogP contribution >= 0.6 is 11.6 Å². The van der Waals surface area contributed by atoms with Gasteiger partial charge in [0.2, 0.25) is 5.91 Å². The van der Waals surface area contributed by atoms with Crippen LogP contribution in [0.2, 0.25) is 5.02 Å². The van der Waals surface area contributed by atoms with Gasteiger partial charge < -0.3 is 4.74 Å². The van der Waals surface area contributed by atoms with Gasteiger partial charge in [0.15, 0.2) is 0 Å². The summed E-state index contributed by atoms with van der Waals surface area (Å²) in [6.07, 6.45) is 2.57. The second-order valence-corrected chi connectivity index (χ2v) is 8.52. The lowest BCUT2D eigenvalue weighted by molar-refractivity contribution is -0.130. The predicted octanol–water partition coefficient (Wildman–Crippen LogP) is 5.90. The topological polar surface area (TPSA) is 59.7 Å². The molecular formula is C27H23ClN4O2. The molecule has 1 aliphatic rings. The van der Waals surface area contributed by atoms with Crippen LogP contribution in [0.1, 0.15) is 30.5 Å². The molecule has 1 atom stereocenters. The zero-order valence-electron chi connectivity index (χ0n) is 18.9. The van der Waals surface area contributed by atoms with Crippen LogP contribution in [0, 0.1) is 0 Å². The zero-order chi connectivity index (χ0) is 23.7. The Bertz CT molecular complexity index is 1350. The van der Waals surface area contributed by atoms with Crippen molar-refractivity contribution in [3.8, 4) is 22.7 Å². The summed E-state index contributed by atoms with van der Waals surface area (Å²) < 4.78 is 7.12. The average molecular weight is 471 g/mol. The number of amides is 1. The number of methoxy groups -OCH3 is 1. The van der Waals surface area contributed by atoms with Gasteiger partial charge in [0, 0.05) is 35.7 Å². The Kier molecular flexibility index (Phi) is 5.90. The lowest BCUT2D eigenvalue weighted by atomic mass is 9.96. The van der Waals surface area contributed by atoms with Crippen molar-refractivity contribution in [1.29, 1.82) is 0 Å². The molecule has 0 aliphatic carbocycles. The summed E-state index contributed by atoms with van der Waals surface area (Å²) in [7, 11) is 1.64. The second kappa shape index (κ2) is 9.15. The summed E-state index contributed by atoms with van der Waals surface area (Å²) in [5, 5.41) is 11.8. The predicted molar refractivity (Wildman–Crippen MR) is 133 cm³/mol. The van der Waals surface area contributed by atoms with Crippen molar-refractivity contribution in [2.24, 2.45) is 5.10 Å². The van der Waals surface area contributed by atoms with Crippen LogP contribution in [0.3, 0.4) is 0 Å². The van der Waals surface area contributed by atoms with Crippen LogP contribution in [0.4, 0.5) is 0 Å². The van der Waals surface area contributed by atoms with Gasteiger partial charge in [-0.25, -0.2) is 9.69 Å². The number of aromatic nitrogens is 2. The van der Waals surface area contributed by atoms with Crippen molar-refractivity contribution in [3.05, 3.63) is 101 Å². The maximum Gasteiger partial charge on any atom is 0.240 e. The molecule has 4 aromatic rings. The van der Waals surface area contributed by atoms with E-state index in [2.05, 4.69) is 0 Å². The van der Waals surface area contributed by atoms with Crippen molar-refractivity contribution in [2.75, 3.05) is 7.11 Å². The second-order valence-electron chi connectivity index (χ2n) is 8.08. The maximum absolute atomic E-state index is 12.6. The first-order chi connectivity index (χ1) is 16.5. The molecule has 0 saturated heterocycles. The van der Waals surface area contributed by atoms with E-state index in [-0.39, 0.29) is 11.9 Å². The third-order valence-corrected chi connectivity index (χ3v) is 6.15. The standard InChI is InChI=1S/C27H23ClN4O2/c1-18(33)32-26(16-25(29-32)19-10-14-23(34-2)15-11-19)24-17-31(22-6-4-3-5-7-22)30-27(24)20-8-12-21(28)13-9-20/h3-15,17,26H,16H2,1-2H3. The molecule has 0 saturated carbocycles. The van der Waals surface area contributed by atoms with Crippen molar-refractivity contribution >= 4 is 23.2 Å². The van der Waals surface area contributed by atoms with Gasteiger partial charge in [0.1, 0.15) is 5.75 Å². The van der Waals surface area contributed by atoms with Crippen LogP contribution in [0.25, 0.3) is 16.9 Å². The van der Waals surface area contributed by atoms with Crippen LogP contribution in [-0.4, -0.2) is 33.5 Å². The SMILES string of the molecule is COc1ccc(C2=NN(C(C)=O)C(c3cn(-c4ccccc4)nc3-c3ccc(Cl)cc3)C2)cc1. The van der Waals surface area contributed by atoms with E-state index in [1.807, 2.05) is 89.7 Å². The van der Waals surface area contributed by atoms with Crippen LogP contribution in [0.15, 0.2) is 90.2 Å². The summed E-state index contributed by atoms with van der Waals surface area (Å²) in [5.41, 5.74) is 5.38. The molecule has 1 amide bonds. The minimum absolute atomic E-state index is 0.122. The summed E-state index contributed by atoms with van der Waals surface area (Å²) in [5.74, 6) is 0.652. The molecule has 6 nitrogen and oxygen atoms in total. The van der Waals surface area contributed by atoms with Gasteiger partial charge in [-0.05, 0) is 54.1 Å². The molecule has 1 aromatic heterocycles. The minimum atomic E-state index is -0.280. The third kappa shape index (κ3) is 4.20. The van der Waals surface area contributed by atoms with Gasteiger partial charge in [0.25, 0.3) is 0 Å². The van der Waals surface area contributed by atoms with E-state index in [1.165, 1.54) is 6.92 Å². The maximum atomic E-state index is 12.6. The molecule has 0 fully saturated rings. The molecule has 3 aromatic carbocycles. The van der Waals surface area contributed by atoms with Gasteiger partial charge in [0.05, 0.1) is 30.2 Å². The van der Waals surface area contributed by atoms with Crippen molar-refractivity contribution < 1.29 is 9.53 Å². The number of hydrogen-bond donors (Lipinski definition) is 0. The zero-order valence-corrected chi connectivity index (χ0v) is 19.6. The molecule has 0 radical (unpaired) electrons. The first-order valence-electron chi connectivity index (χ1n) is 11.0. The number of para-hydroxylation sites is 1. The summed E-state index contributed by atoms with van der Waals surface area (Å²) in [6, 6.07) is 24.9. The highest BCUT2D eigenvalue weighted by Crippen LogP contribution is 2.38. The van der Waals surface area contributed by atoms with E-state index in [4.69, 9.17) is 26.5 Å². The van der Waals surface area contributed by atoms with Crippen molar-refractivity contribution in [2.45, 2.75) is 19.4 Å². The van der Waals surface area contributed by atoms with Crippen molar-refractivity contribution in [1.82, 2.24) is 14.8 Å². The lowest BCUT2D eigenvalue weighted by Crippen LogP contribution is -2.24. The number of halogens is 1. The lowest BCUT2D eigenvalue weighted by Gasteiger charge is -2.20. The van der Waals surface area contributed by atoms with E-state index in [9.17, 15) is 4.79 Å². The largest absolute Gasteiger partial charge is 0.497 e. The Labute approximate surface area is 203 Å². The Balaban J connectivity index is 1.59. The fourth-order valence-corrected chi connectivity index (χ4v) is 4.30. The highest BCUT2D eigenvalue weighted by atomic mass is 35.5. The van der Waals surface area contributed by atoms with E-state index >= 15 is 0 Å². The number of rotatable bonds is 5. The van der Waals surface area contributed by atoms with E-state index < -0.39 is 0 Å². The van der Waals surface area contributed by atoms with Crippen molar-refractivity contribution in [3.63, 3.8) is 0 Å². The number of nitrogens with zero attached hydrogens (tertiary/aromatic N) is 4. The van der Waals surface area contributed by atoms with Gasteiger partial charge >= 0.3 is 0 Å². The number of hydrogen-bond acceptors (Lipinski definition) is 4. The van der Waals surface area contributed by atoms with Gasteiger partial charge in [-0.2, -0.15) is 10.2 Å². The minimum Gasteiger partial charge on any atom is -0.497 e. The van der Waals surface area contributed by atoms with Crippen LogP contribution in [0.5, 0.6) is 5.75 Å². The molecule has 5 rings (SSSR count). The summed E-state index contributed by atoms with van der Waals surface area (Å²) in [4.78, 5) is 12.6. The molecule has 34 heavy (non-hydrogen) atoms.